The first-order chi connectivity index (χ1) is 42.6. The summed E-state index contributed by atoms with van der Waals surface area (Å²) in [6.07, 6.45) is 7.82. The lowest BCUT2D eigenvalue weighted by molar-refractivity contribution is 0.148. The summed E-state index contributed by atoms with van der Waals surface area (Å²) in [7, 11) is 31.9. The monoisotopic (exact) mass is 1260 g/mol. The Balaban J connectivity index is 0. The summed E-state index contributed by atoms with van der Waals surface area (Å²) in [5.74, 6) is 0.978. The molecule has 16 nitrogen and oxygen atoms in total. The van der Waals surface area contributed by atoms with Crippen molar-refractivity contribution in [1.82, 2.24) is 69.0 Å². The number of nitrogens with zero attached hydrogens (tertiary/aromatic N) is 13. The molecule has 3 aromatic rings. The lowest BCUT2D eigenvalue weighted by atomic mass is 10.00. The largest absolute Gasteiger partial charge is 0.351 e. The molecule has 0 spiro atoms. The fourth-order valence-electron chi connectivity index (χ4n) is 8.84. The van der Waals surface area contributed by atoms with Crippen molar-refractivity contribution in [2.45, 2.75) is 107 Å². The van der Waals surface area contributed by atoms with Gasteiger partial charge >= 0.3 is 6.03 Å². The maximum absolute atomic E-state index is 10.6. The van der Waals surface area contributed by atoms with Gasteiger partial charge in [0.2, 0.25) is 0 Å². The number of hydrogen-bond acceptors (Lipinski definition) is 14. The summed E-state index contributed by atoms with van der Waals surface area (Å²) < 4.78 is 0. The Morgan fingerprint density at radius 2 is 0.800 bits per heavy atom. The number of benzene rings is 3. The second-order valence-electron chi connectivity index (χ2n) is 27.2. The van der Waals surface area contributed by atoms with E-state index in [9.17, 15) is 4.79 Å². The lowest BCUT2D eigenvalue weighted by Gasteiger charge is -2.32. The Hall–Kier alpha value is -3.59. The van der Waals surface area contributed by atoms with Gasteiger partial charge in [0.25, 0.3) is 0 Å². The minimum Gasteiger partial charge on any atom is -0.351 e. The fraction of sp³-hybridized carbons (Fsp3) is 0.743. The molecule has 0 bridgehead atoms. The van der Waals surface area contributed by atoms with Crippen LogP contribution in [0, 0.1) is 26.7 Å². The summed E-state index contributed by atoms with van der Waals surface area (Å²) in [6, 6.07) is 26.1. The highest BCUT2D eigenvalue weighted by molar-refractivity contribution is 5.72. The van der Waals surface area contributed by atoms with Crippen LogP contribution in [0.3, 0.4) is 0 Å². The van der Waals surface area contributed by atoms with Crippen molar-refractivity contribution >= 4 is 6.03 Å². The van der Waals surface area contributed by atoms with Crippen molar-refractivity contribution in [2.24, 2.45) is 11.7 Å². The van der Waals surface area contributed by atoms with Gasteiger partial charge in [-0.15, -0.1) is 0 Å². The number of nitrogens with one attached hydrogen (secondary N) is 1. The van der Waals surface area contributed by atoms with E-state index in [4.69, 9.17) is 5.73 Å². The molecule has 0 unspecified atom stereocenters. The van der Waals surface area contributed by atoms with Crippen LogP contribution in [0.15, 0.2) is 72.8 Å². The Labute approximate surface area is 558 Å². The lowest BCUT2D eigenvalue weighted by Crippen LogP contribution is -2.49. The normalized spacial score (nSPS) is 17.0. The van der Waals surface area contributed by atoms with E-state index in [1.807, 2.05) is 7.05 Å². The number of primary amides is 1. The highest BCUT2D eigenvalue weighted by Crippen LogP contribution is 2.14. The van der Waals surface area contributed by atoms with Gasteiger partial charge in [0.15, 0.2) is 0 Å². The highest BCUT2D eigenvalue weighted by Gasteiger charge is 2.16. The van der Waals surface area contributed by atoms with Crippen LogP contribution in [0.25, 0.3) is 0 Å². The van der Waals surface area contributed by atoms with Crippen molar-refractivity contribution in [3.63, 3.8) is 0 Å². The predicted octanol–water partition coefficient (Wildman–Crippen LogP) is 9.21. The van der Waals surface area contributed by atoms with Gasteiger partial charge in [0, 0.05) is 137 Å². The average Bonchev–Trinajstić information content (AvgIpc) is 2.99. The van der Waals surface area contributed by atoms with Gasteiger partial charge in [-0.3, -0.25) is 4.90 Å². The van der Waals surface area contributed by atoms with Crippen molar-refractivity contribution < 1.29 is 4.79 Å². The molecule has 0 atom stereocenters. The van der Waals surface area contributed by atoms with E-state index in [2.05, 4.69) is 291 Å². The average molecular weight is 1260 g/mol. The van der Waals surface area contributed by atoms with Gasteiger partial charge in [-0.2, -0.15) is 0 Å². The molecule has 90 heavy (non-hydrogen) atoms. The molecule has 3 aromatic carbocycles. The molecular formula is C74H147N15O. The number of unbranched alkanes of at least 4 members (excludes halogenated alkanes) is 1. The first-order valence-electron chi connectivity index (χ1n) is 34.7. The molecular weight excluding hydrogens is 1110 g/mol. The van der Waals surface area contributed by atoms with Gasteiger partial charge in [-0.1, -0.05) is 137 Å². The van der Waals surface area contributed by atoms with Gasteiger partial charge < -0.3 is 69.8 Å². The van der Waals surface area contributed by atoms with Crippen LogP contribution in [0.2, 0.25) is 0 Å². The number of rotatable bonds is 14. The van der Waals surface area contributed by atoms with Gasteiger partial charge in [0.1, 0.15) is 0 Å². The summed E-state index contributed by atoms with van der Waals surface area (Å²) in [6.45, 7) is 45.7. The number of likely N-dealkylation sites (tertiary alicyclic amines) is 1. The maximum Gasteiger partial charge on any atom is 0.314 e. The summed E-state index contributed by atoms with van der Waals surface area (Å²) in [5.41, 5.74) is 13.3. The van der Waals surface area contributed by atoms with Crippen molar-refractivity contribution in [3.05, 3.63) is 106 Å². The van der Waals surface area contributed by atoms with Crippen LogP contribution in [0.5, 0.6) is 0 Å². The summed E-state index contributed by atoms with van der Waals surface area (Å²) >= 11 is 0. The number of urea groups is 1. The molecule has 2 amide bonds. The number of carbonyl (C=O) groups excluding carboxylic acids is 1. The summed E-state index contributed by atoms with van der Waals surface area (Å²) in [5, 5.41) is 3.27. The number of piperazine rings is 4. The van der Waals surface area contributed by atoms with Gasteiger partial charge in [-0.05, 0) is 201 Å². The predicted molar refractivity (Wildman–Crippen MR) is 397 cm³/mol. The van der Waals surface area contributed by atoms with E-state index in [0.29, 0.717) is 0 Å². The first kappa shape index (κ1) is 88.5. The zero-order valence-corrected chi connectivity index (χ0v) is 63.2. The van der Waals surface area contributed by atoms with Crippen LogP contribution in [0.4, 0.5) is 4.79 Å². The number of likely N-dealkylation sites (N-methyl/N-ethyl adjacent to an activating group) is 8. The maximum atomic E-state index is 10.6. The van der Waals surface area contributed by atoms with E-state index in [0.717, 1.165) is 90.9 Å². The zero-order valence-electron chi connectivity index (χ0n) is 63.2. The zero-order chi connectivity index (χ0) is 68.2. The molecule has 5 heterocycles. The van der Waals surface area contributed by atoms with Crippen molar-refractivity contribution in [2.75, 3.05) is 256 Å². The van der Waals surface area contributed by atoms with Crippen LogP contribution in [0.1, 0.15) is 100 Å². The SMILES string of the molecule is CC1CCN(C)CC1.CCC.CCCCN(C)C.CCN(C)C.CN1CCN(C(N)=O)CC1.CN1CCN(C)CC1.CN1CCNCC1.Cc1ccc(CCN(C)C)cc1.Cc1ccc(CN(C)CCN(C)C)cc1.Cc1ccc(CN2CCN(C)CC2)cc1. The van der Waals surface area contributed by atoms with Crippen molar-refractivity contribution in [1.29, 1.82) is 0 Å². The Morgan fingerprint density at radius 3 is 1.12 bits per heavy atom. The molecule has 5 saturated heterocycles. The molecule has 16 heteroatoms. The van der Waals surface area contributed by atoms with Crippen LogP contribution in [-0.4, -0.2) is 326 Å². The topological polar surface area (TPSA) is 97.2 Å². The standard InChI is InChI=1S/C13H20N2.C13H22N2.C11H17N.C7H15N.C6H13N3O.C6H14N2.C6H15N.C5H12N2.C4H11N.C3H8/c1-12-3-5-13(6-4-12)11-15-9-7-14(2)8-10-15;1-12-5-7-13(8-6-12)11-15(4)10-9-14(2)3;1-10-4-6-11(7-5-10)8-9-12(2)3;1-7-3-5-8(2)6-4-7;1-8-2-4-9(5-3-8)6(7)10;1-7-3-5-8(2)6-4-7;1-4-5-6-7(2)3;1-7-4-2-6-3-5-7;1-4-5(2)3;1-3-2/h3-6H,7-11H2,1-2H3;5-8H,9-11H2,1-4H3;4-7H,8-9H2,1-3H3;7H,3-6H2,1-2H3;2-5H2,1H3,(H2,7,10);3-6H2,1-2H3;4-6H2,1-3H3;6H,2-5H2,1H3;4H2,1-3H3;3H2,1-2H3. The second-order valence-corrected chi connectivity index (χ2v) is 27.2. The molecule has 5 aliphatic heterocycles. The minimum atomic E-state index is -0.298. The van der Waals surface area contributed by atoms with Gasteiger partial charge in [-0.25, -0.2) is 4.79 Å². The van der Waals surface area contributed by atoms with Crippen LogP contribution >= 0.6 is 0 Å². The molecule has 0 aromatic heterocycles. The third-order valence-electron chi connectivity index (χ3n) is 16.1. The molecule has 3 N–H and O–H groups in total. The molecule has 8 rings (SSSR count). The second kappa shape index (κ2) is 56.9. The Morgan fingerprint density at radius 1 is 0.456 bits per heavy atom. The number of amides is 2. The fourth-order valence-corrected chi connectivity index (χ4v) is 8.84. The Kier molecular flexibility index (Phi) is 55.9. The molecule has 524 valence electrons. The smallest absolute Gasteiger partial charge is 0.314 e. The third-order valence-corrected chi connectivity index (χ3v) is 16.1. The van der Waals surface area contributed by atoms with Gasteiger partial charge in [0.05, 0.1) is 0 Å². The highest BCUT2D eigenvalue weighted by atomic mass is 16.2. The summed E-state index contributed by atoms with van der Waals surface area (Å²) in [4.78, 5) is 39.9. The molecule has 0 saturated carbocycles. The van der Waals surface area contributed by atoms with E-state index in [1.54, 1.807) is 4.90 Å². The van der Waals surface area contributed by atoms with E-state index in [-0.39, 0.29) is 6.03 Å². The van der Waals surface area contributed by atoms with Crippen molar-refractivity contribution in [3.8, 4) is 0 Å². The molecule has 0 radical (unpaired) electrons. The van der Waals surface area contributed by atoms with E-state index < -0.39 is 0 Å². The minimum absolute atomic E-state index is 0.298. The Bertz CT molecular complexity index is 1960. The number of piperidine rings is 1. The van der Waals surface area contributed by atoms with E-state index in [1.165, 1.54) is 151 Å². The first-order valence-corrected chi connectivity index (χ1v) is 34.7. The third kappa shape index (κ3) is 56.0. The quantitative estimate of drug-likeness (QED) is 0.161. The van der Waals surface area contributed by atoms with Crippen LogP contribution < -0.4 is 11.1 Å². The number of aryl methyl sites for hydroxylation is 3. The number of hydrogen-bond donors (Lipinski definition) is 2. The number of carbonyl (C=O) groups is 1. The molecule has 0 aliphatic carbocycles. The van der Waals surface area contributed by atoms with Crippen LogP contribution in [-0.2, 0) is 19.5 Å². The number of nitrogens with two attached hydrogens (primary N) is 1. The molecule has 5 fully saturated rings. The molecule has 5 aliphatic rings. The van der Waals surface area contributed by atoms with E-state index >= 15 is 0 Å².